The normalized spacial score (nSPS) is 11.3. The van der Waals surface area contributed by atoms with Gasteiger partial charge in [-0.2, -0.15) is 9.97 Å². The molecule has 0 unspecified atom stereocenters. The number of aryl methyl sites for hydroxylation is 2. The molecule has 41 heavy (non-hydrogen) atoms. The van der Waals surface area contributed by atoms with Gasteiger partial charge in [-0.25, -0.2) is 9.18 Å². The average molecular weight is 549 g/mol. The maximum absolute atomic E-state index is 14.7. The van der Waals surface area contributed by atoms with Gasteiger partial charge in [-0.05, 0) is 55.1 Å². The molecule has 0 amide bonds. The fourth-order valence-electron chi connectivity index (χ4n) is 5.34. The summed E-state index contributed by atoms with van der Waals surface area (Å²) in [6.45, 7) is 4.19. The Labute approximate surface area is 234 Å². The van der Waals surface area contributed by atoms with Crippen molar-refractivity contribution in [1.29, 1.82) is 0 Å². The molecule has 3 aromatic heterocycles. The molecule has 0 fully saturated rings. The monoisotopic (exact) mass is 548 g/mol. The molecule has 8 nitrogen and oxygen atoms in total. The summed E-state index contributed by atoms with van der Waals surface area (Å²) < 4.78 is 26.0. The first-order chi connectivity index (χ1) is 19.7. The number of rotatable bonds is 5. The van der Waals surface area contributed by atoms with Crippen molar-refractivity contribution in [2.24, 2.45) is 0 Å². The fraction of sp³-hybridized carbons (Fsp3) is 0.156. The average Bonchev–Trinajstić information content (AvgIpc) is 3.35. The highest BCUT2D eigenvalue weighted by Gasteiger charge is 2.24. The molecule has 3 heterocycles. The number of aromatic amines is 1. The molecule has 0 bridgehead atoms. The second-order valence-corrected chi connectivity index (χ2v) is 9.98. The molecule has 204 valence electrons. The number of halogens is 1. The summed E-state index contributed by atoms with van der Waals surface area (Å²) in [5, 5.41) is 12.5. The number of phenolic OH excluding ortho intramolecular Hbond substituents is 1. The molecule has 2 N–H and O–H groups in total. The Hall–Kier alpha value is -5.36. The van der Waals surface area contributed by atoms with E-state index in [2.05, 4.69) is 26.9 Å². The highest BCUT2D eigenvalue weighted by molar-refractivity contribution is 6.03. The molecule has 3 aromatic carbocycles. The van der Waals surface area contributed by atoms with Crippen molar-refractivity contribution in [2.45, 2.75) is 20.4 Å². The number of methoxy groups -OCH3 is 1. The van der Waals surface area contributed by atoms with Crippen LogP contribution < -0.4 is 15.3 Å². The third kappa shape index (κ3) is 4.21. The van der Waals surface area contributed by atoms with Crippen molar-refractivity contribution in [3.05, 3.63) is 87.2 Å². The maximum atomic E-state index is 14.7. The number of aromatic hydroxyl groups is 1. The molecule has 6 aromatic rings. The van der Waals surface area contributed by atoms with Gasteiger partial charge >= 0.3 is 11.6 Å². The zero-order chi connectivity index (χ0) is 29.0. The van der Waals surface area contributed by atoms with Crippen LogP contribution in [0, 0.1) is 32.0 Å². The first-order valence-electron chi connectivity index (χ1n) is 12.8. The standard InChI is InChI=1S/C32H25FN4O4/c1-6-21-24(33)9-8-18-12-20(38)13-23(26(18)21)29-17(3)28-27(31(39)41-29)30(36-32(35-28)40-5)37(4)15-19-14-34-25-10-7-16(2)11-22(19)25/h1,7-14,34,38H,15H2,2-5H3. The zero-order valence-corrected chi connectivity index (χ0v) is 22.8. The Bertz CT molecular complexity index is 2120. The molecule has 0 aliphatic carbocycles. The minimum absolute atomic E-state index is 0.00528. The number of fused-ring (bicyclic) bond motifs is 3. The van der Waals surface area contributed by atoms with Crippen molar-refractivity contribution >= 4 is 38.4 Å². The van der Waals surface area contributed by atoms with E-state index in [1.807, 2.05) is 37.2 Å². The summed E-state index contributed by atoms with van der Waals surface area (Å²) in [5.41, 5.74) is 3.49. The molecular formula is C32H25FN4O4. The van der Waals surface area contributed by atoms with E-state index in [0.29, 0.717) is 34.2 Å². The van der Waals surface area contributed by atoms with E-state index in [4.69, 9.17) is 15.6 Å². The zero-order valence-electron chi connectivity index (χ0n) is 22.8. The number of aromatic nitrogens is 3. The van der Waals surface area contributed by atoms with E-state index in [0.717, 1.165) is 22.0 Å². The minimum atomic E-state index is -0.699. The SMILES string of the molecule is C#Cc1c(F)ccc2cc(O)cc(-c3oc(=O)c4c(N(C)Cc5c[nH]c6ccc(C)cc56)nc(OC)nc4c3C)c12. The fourth-order valence-corrected chi connectivity index (χ4v) is 5.34. The molecular weight excluding hydrogens is 523 g/mol. The molecule has 0 aliphatic heterocycles. The van der Waals surface area contributed by atoms with E-state index in [-0.39, 0.29) is 34.0 Å². The summed E-state index contributed by atoms with van der Waals surface area (Å²) >= 11 is 0. The lowest BCUT2D eigenvalue weighted by Gasteiger charge is -2.20. The van der Waals surface area contributed by atoms with Crippen LogP contribution in [0.2, 0.25) is 0 Å². The van der Waals surface area contributed by atoms with Crippen LogP contribution in [0.25, 0.3) is 43.9 Å². The van der Waals surface area contributed by atoms with Gasteiger partial charge in [0, 0.05) is 47.2 Å². The number of hydrogen-bond donors (Lipinski definition) is 2. The van der Waals surface area contributed by atoms with E-state index < -0.39 is 11.4 Å². The number of phenols is 1. The molecule has 6 rings (SSSR count). The van der Waals surface area contributed by atoms with E-state index in [9.17, 15) is 14.3 Å². The number of ether oxygens (including phenoxy) is 1. The molecule has 0 aliphatic rings. The van der Waals surface area contributed by atoms with Crippen molar-refractivity contribution < 1.29 is 18.7 Å². The van der Waals surface area contributed by atoms with Crippen molar-refractivity contribution in [1.82, 2.24) is 15.0 Å². The first kappa shape index (κ1) is 25.9. The van der Waals surface area contributed by atoms with Gasteiger partial charge < -0.3 is 24.1 Å². The Morgan fingerprint density at radius 1 is 1.15 bits per heavy atom. The van der Waals surface area contributed by atoms with Crippen LogP contribution in [0.3, 0.4) is 0 Å². The van der Waals surface area contributed by atoms with E-state index in [1.54, 1.807) is 6.92 Å². The Balaban J connectivity index is 1.58. The number of benzene rings is 3. The summed E-state index contributed by atoms with van der Waals surface area (Å²) in [5.74, 6) is 2.12. The molecule has 0 spiro atoms. The van der Waals surface area contributed by atoms with E-state index >= 15 is 0 Å². The van der Waals surface area contributed by atoms with Gasteiger partial charge in [-0.15, -0.1) is 6.42 Å². The van der Waals surface area contributed by atoms with Crippen LogP contribution in [0.5, 0.6) is 11.8 Å². The van der Waals surface area contributed by atoms with Gasteiger partial charge in [0.2, 0.25) is 0 Å². The summed E-state index contributed by atoms with van der Waals surface area (Å²) in [4.78, 5) is 27.8. The van der Waals surface area contributed by atoms with E-state index in [1.165, 1.54) is 31.4 Å². The van der Waals surface area contributed by atoms with Gasteiger partial charge in [0.25, 0.3) is 0 Å². The summed E-state index contributed by atoms with van der Waals surface area (Å²) in [7, 11) is 3.27. The Morgan fingerprint density at radius 3 is 2.71 bits per heavy atom. The lowest BCUT2D eigenvalue weighted by atomic mass is 9.95. The highest BCUT2D eigenvalue weighted by atomic mass is 19.1. The largest absolute Gasteiger partial charge is 0.508 e. The lowest BCUT2D eigenvalue weighted by Crippen LogP contribution is -2.21. The number of nitrogens with one attached hydrogen (secondary N) is 1. The van der Waals surface area contributed by atoms with Gasteiger partial charge in [0.05, 0.1) is 18.2 Å². The lowest BCUT2D eigenvalue weighted by molar-refractivity contribution is 0.381. The van der Waals surface area contributed by atoms with Gasteiger partial charge in [0.15, 0.2) is 5.82 Å². The third-order valence-corrected chi connectivity index (χ3v) is 7.28. The van der Waals surface area contributed by atoms with Crippen molar-refractivity contribution in [2.75, 3.05) is 19.1 Å². The predicted molar refractivity (Wildman–Crippen MR) is 157 cm³/mol. The van der Waals surface area contributed by atoms with Crippen LogP contribution in [-0.2, 0) is 6.54 Å². The third-order valence-electron chi connectivity index (χ3n) is 7.28. The quantitative estimate of drug-likeness (QED) is 0.256. The van der Waals surface area contributed by atoms with Gasteiger partial charge in [-0.3, -0.25) is 0 Å². The molecule has 0 saturated carbocycles. The number of hydrogen-bond acceptors (Lipinski definition) is 7. The molecule has 0 atom stereocenters. The smallest absolute Gasteiger partial charge is 0.349 e. The molecule has 0 radical (unpaired) electrons. The van der Waals surface area contributed by atoms with Crippen LogP contribution in [-0.4, -0.2) is 34.2 Å². The second kappa shape index (κ2) is 9.68. The van der Waals surface area contributed by atoms with Crippen molar-refractivity contribution in [3.63, 3.8) is 0 Å². The van der Waals surface area contributed by atoms with Crippen LogP contribution in [0.4, 0.5) is 10.2 Å². The minimum Gasteiger partial charge on any atom is -0.508 e. The Kier molecular flexibility index (Phi) is 6.11. The number of anilines is 1. The van der Waals surface area contributed by atoms with Gasteiger partial charge in [0.1, 0.15) is 22.7 Å². The van der Waals surface area contributed by atoms with Crippen molar-refractivity contribution in [3.8, 4) is 35.4 Å². The highest BCUT2D eigenvalue weighted by Crippen LogP contribution is 2.39. The van der Waals surface area contributed by atoms with Crippen LogP contribution in [0.1, 0.15) is 22.3 Å². The Morgan fingerprint density at radius 2 is 1.95 bits per heavy atom. The van der Waals surface area contributed by atoms with Gasteiger partial charge in [-0.1, -0.05) is 23.6 Å². The predicted octanol–water partition coefficient (Wildman–Crippen LogP) is 5.97. The summed E-state index contributed by atoms with van der Waals surface area (Å²) in [6, 6.07) is 11.8. The number of H-pyrrole nitrogens is 1. The molecule has 9 heteroatoms. The first-order valence-corrected chi connectivity index (χ1v) is 12.8. The maximum Gasteiger partial charge on any atom is 0.349 e. The van der Waals surface area contributed by atoms with Crippen LogP contribution >= 0.6 is 0 Å². The topological polar surface area (TPSA) is 104 Å². The summed E-state index contributed by atoms with van der Waals surface area (Å²) in [6.07, 6.45) is 7.59. The molecule has 0 saturated heterocycles. The van der Waals surface area contributed by atoms with Crippen LogP contribution in [0.15, 0.2) is 57.9 Å². The second-order valence-electron chi connectivity index (χ2n) is 9.98. The number of terminal acetylenes is 1. The number of nitrogens with zero attached hydrogens (tertiary/aromatic N) is 3.